The second-order valence-electron chi connectivity index (χ2n) is 3.33. The van der Waals surface area contributed by atoms with Crippen molar-refractivity contribution < 1.29 is 24.5 Å². The van der Waals surface area contributed by atoms with Crippen LogP contribution in [0.5, 0.6) is 0 Å². The van der Waals surface area contributed by atoms with Gasteiger partial charge in [0.1, 0.15) is 0 Å². The smallest absolute Gasteiger partial charge is 0.334 e. The summed E-state index contributed by atoms with van der Waals surface area (Å²) in [6, 6.07) is 0. The summed E-state index contributed by atoms with van der Waals surface area (Å²) in [4.78, 5) is 12.6. The average Bonchev–Trinajstić information content (AvgIpc) is 2.25. The van der Waals surface area contributed by atoms with Crippen LogP contribution in [-0.4, -0.2) is 73.2 Å². The van der Waals surface area contributed by atoms with Crippen molar-refractivity contribution in [2.45, 2.75) is 6.10 Å². The summed E-state index contributed by atoms with van der Waals surface area (Å²) in [6.45, 7) is 3.09. The third-order valence-electron chi connectivity index (χ3n) is 2.21. The molecule has 1 unspecified atom stereocenters. The minimum absolute atomic E-state index is 0.0147. The minimum atomic E-state index is -0.920. The van der Waals surface area contributed by atoms with E-state index in [1.165, 1.54) is 0 Å². The van der Waals surface area contributed by atoms with Crippen LogP contribution in [0.15, 0.2) is 0 Å². The lowest BCUT2D eigenvalue weighted by molar-refractivity contribution is -0.156. The summed E-state index contributed by atoms with van der Waals surface area (Å²) in [5.41, 5.74) is 0. The van der Waals surface area contributed by atoms with Gasteiger partial charge in [0.2, 0.25) is 0 Å². The maximum Gasteiger partial charge on any atom is 0.334 e. The Bertz CT molecular complexity index is 199. The standard InChI is InChI=1S/C9H17NO5/c11-3-6-14-4-1-10-2-5-15-8(7-10)9(12)13/h8,11H,1-7H2,(H,12,13). The van der Waals surface area contributed by atoms with Crippen molar-refractivity contribution >= 4 is 5.97 Å². The van der Waals surface area contributed by atoms with E-state index in [0.29, 0.717) is 32.9 Å². The molecule has 6 nitrogen and oxygen atoms in total. The topological polar surface area (TPSA) is 79.2 Å². The molecule has 0 spiro atoms. The molecule has 0 radical (unpaired) electrons. The first-order valence-electron chi connectivity index (χ1n) is 4.99. The predicted molar refractivity (Wildman–Crippen MR) is 51.7 cm³/mol. The Hall–Kier alpha value is -0.690. The van der Waals surface area contributed by atoms with E-state index >= 15 is 0 Å². The van der Waals surface area contributed by atoms with E-state index in [1.54, 1.807) is 0 Å². The van der Waals surface area contributed by atoms with E-state index in [4.69, 9.17) is 19.7 Å². The van der Waals surface area contributed by atoms with Gasteiger partial charge in [-0.3, -0.25) is 4.90 Å². The van der Waals surface area contributed by atoms with Crippen LogP contribution >= 0.6 is 0 Å². The SMILES string of the molecule is O=C(O)C1CN(CCOCCO)CCO1. The van der Waals surface area contributed by atoms with Crippen molar-refractivity contribution in [1.82, 2.24) is 4.90 Å². The summed E-state index contributed by atoms with van der Waals surface area (Å²) in [7, 11) is 0. The second kappa shape index (κ2) is 6.73. The van der Waals surface area contributed by atoms with Gasteiger partial charge in [0.15, 0.2) is 6.10 Å². The summed E-state index contributed by atoms with van der Waals surface area (Å²) in [5, 5.41) is 17.2. The number of carboxylic acid groups (broad SMARTS) is 1. The number of ether oxygens (including phenoxy) is 2. The van der Waals surface area contributed by atoms with Gasteiger partial charge < -0.3 is 19.7 Å². The van der Waals surface area contributed by atoms with E-state index in [0.717, 1.165) is 6.54 Å². The molecule has 1 rings (SSSR count). The van der Waals surface area contributed by atoms with Crippen molar-refractivity contribution in [3.05, 3.63) is 0 Å². The quantitative estimate of drug-likeness (QED) is 0.545. The molecular weight excluding hydrogens is 202 g/mol. The third-order valence-corrected chi connectivity index (χ3v) is 2.21. The molecule has 1 aliphatic heterocycles. The Labute approximate surface area is 88.4 Å². The van der Waals surface area contributed by atoms with Crippen molar-refractivity contribution in [2.24, 2.45) is 0 Å². The number of hydrogen-bond donors (Lipinski definition) is 2. The van der Waals surface area contributed by atoms with Gasteiger partial charge in [-0.15, -0.1) is 0 Å². The van der Waals surface area contributed by atoms with Gasteiger partial charge in [0.05, 0.1) is 26.4 Å². The fourth-order valence-electron chi connectivity index (χ4n) is 1.42. The van der Waals surface area contributed by atoms with Crippen molar-refractivity contribution in [1.29, 1.82) is 0 Å². The molecule has 1 saturated heterocycles. The highest BCUT2D eigenvalue weighted by molar-refractivity contribution is 5.72. The molecule has 0 aromatic carbocycles. The fourth-order valence-corrected chi connectivity index (χ4v) is 1.42. The van der Waals surface area contributed by atoms with E-state index < -0.39 is 12.1 Å². The largest absolute Gasteiger partial charge is 0.479 e. The molecule has 0 saturated carbocycles. The first kappa shape index (κ1) is 12.4. The van der Waals surface area contributed by atoms with Crippen LogP contribution in [0.3, 0.4) is 0 Å². The first-order valence-corrected chi connectivity index (χ1v) is 4.99. The van der Waals surface area contributed by atoms with Crippen molar-refractivity contribution in [3.63, 3.8) is 0 Å². The molecular formula is C9H17NO5. The van der Waals surface area contributed by atoms with Crippen LogP contribution in [0.25, 0.3) is 0 Å². The zero-order chi connectivity index (χ0) is 11.1. The normalized spacial score (nSPS) is 22.9. The Balaban J connectivity index is 2.15. The summed E-state index contributed by atoms with van der Waals surface area (Å²) < 4.78 is 10.2. The Morgan fingerprint density at radius 3 is 3.00 bits per heavy atom. The number of rotatable bonds is 6. The number of nitrogens with zero attached hydrogens (tertiary/aromatic N) is 1. The van der Waals surface area contributed by atoms with Gasteiger partial charge >= 0.3 is 5.97 Å². The van der Waals surface area contributed by atoms with Gasteiger partial charge in [-0.1, -0.05) is 0 Å². The molecule has 1 aliphatic rings. The Morgan fingerprint density at radius 2 is 2.33 bits per heavy atom. The fraction of sp³-hybridized carbons (Fsp3) is 0.889. The molecule has 15 heavy (non-hydrogen) atoms. The molecule has 2 N–H and O–H groups in total. The summed E-state index contributed by atoms with van der Waals surface area (Å²) in [6.07, 6.45) is -0.725. The molecule has 0 aliphatic carbocycles. The van der Waals surface area contributed by atoms with E-state index in [2.05, 4.69) is 0 Å². The van der Waals surface area contributed by atoms with E-state index in [-0.39, 0.29) is 6.61 Å². The molecule has 0 bridgehead atoms. The van der Waals surface area contributed by atoms with Gasteiger partial charge in [-0.2, -0.15) is 0 Å². The van der Waals surface area contributed by atoms with Gasteiger partial charge in [-0.05, 0) is 0 Å². The number of hydrogen-bond acceptors (Lipinski definition) is 5. The molecule has 88 valence electrons. The van der Waals surface area contributed by atoms with Gasteiger partial charge in [0.25, 0.3) is 0 Å². The van der Waals surface area contributed by atoms with Gasteiger partial charge in [0, 0.05) is 19.6 Å². The Kier molecular flexibility index (Phi) is 5.56. The second-order valence-corrected chi connectivity index (χ2v) is 3.33. The van der Waals surface area contributed by atoms with Crippen molar-refractivity contribution in [2.75, 3.05) is 46.1 Å². The molecule has 1 heterocycles. The maximum absolute atomic E-state index is 10.7. The van der Waals surface area contributed by atoms with Crippen molar-refractivity contribution in [3.8, 4) is 0 Å². The summed E-state index contributed by atoms with van der Waals surface area (Å²) in [5.74, 6) is -0.920. The highest BCUT2D eigenvalue weighted by Gasteiger charge is 2.25. The number of carbonyl (C=O) groups is 1. The monoisotopic (exact) mass is 219 g/mol. The number of aliphatic carboxylic acids is 1. The molecule has 0 aromatic heterocycles. The zero-order valence-electron chi connectivity index (χ0n) is 8.59. The van der Waals surface area contributed by atoms with Crippen LogP contribution in [0.4, 0.5) is 0 Å². The predicted octanol–water partition coefficient (Wildman–Crippen LogP) is -1.22. The number of morpholine rings is 1. The minimum Gasteiger partial charge on any atom is -0.479 e. The number of aliphatic hydroxyl groups is 1. The molecule has 1 fully saturated rings. The number of carboxylic acids is 1. The maximum atomic E-state index is 10.7. The summed E-state index contributed by atoms with van der Waals surface area (Å²) >= 11 is 0. The lowest BCUT2D eigenvalue weighted by atomic mass is 10.3. The first-order chi connectivity index (χ1) is 7.24. The lowest BCUT2D eigenvalue weighted by Crippen LogP contribution is -2.47. The number of aliphatic hydroxyl groups excluding tert-OH is 1. The molecule has 0 aromatic rings. The molecule has 1 atom stereocenters. The van der Waals surface area contributed by atoms with Gasteiger partial charge in [-0.25, -0.2) is 4.79 Å². The Morgan fingerprint density at radius 1 is 1.53 bits per heavy atom. The van der Waals surface area contributed by atoms with Crippen LogP contribution < -0.4 is 0 Å². The van der Waals surface area contributed by atoms with E-state index in [9.17, 15) is 4.79 Å². The lowest BCUT2D eigenvalue weighted by Gasteiger charge is -2.30. The van der Waals surface area contributed by atoms with Crippen LogP contribution in [0.1, 0.15) is 0 Å². The average molecular weight is 219 g/mol. The molecule has 0 amide bonds. The third kappa shape index (κ3) is 4.57. The van der Waals surface area contributed by atoms with Crippen LogP contribution in [0.2, 0.25) is 0 Å². The van der Waals surface area contributed by atoms with E-state index in [1.807, 2.05) is 4.90 Å². The highest BCUT2D eigenvalue weighted by atomic mass is 16.5. The zero-order valence-corrected chi connectivity index (χ0v) is 8.59. The van der Waals surface area contributed by atoms with Crippen LogP contribution in [0, 0.1) is 0 Å². The molecule has 6 heteroatoms. The highest BCUT2D eigenvalue weighted by Crippen LogP contribution is 2.04. The van der Waals surface area contributed by atoms with Crippen LogP contribution in [-0.2, 0) is 14.3 Å².